The van der Waals surface area contributed by atoms with Crippen LogP contribution in [0.2, 0.25) is 0 Å². The normalized spacial score (nSPS) is 11.8. The van der Waals surface area contributed by atoms with Gasteiger partial charge in [0.25, 0.3) is 11.4 Å². The number of hydrogen-bond donors (Lipinski definition) is 1. The number of hydrogen-bond acceptors (Lipinski definition) is 5. The molecular weight excluding hydrogens is 312 g/mol. The predicted octanol–water partition coefficient (Wildman–Crippen LogP) is 2.41. The van der Waals surface area contributed by atoms with Crippen LogP contribution in [-0.4, -0.2) is 20.9 Å². The van der Waals surface area contributed by atoms with Crippen LogP contribution < -0.4 is 0 Å². The summed E-state index contributed by atoms with van der Waals surface area (Å²) in [4.78, 5) is 29.5. The maximum Gasteiger partial charge on any atom is 0.304 e. The van der Waals surface area contributed by atoms with Gasteiger partial charge in [-0.3, -0.25) is 25.0 Å². The zero-order chi connectivity index (χ0) is 13.9. The molecule has 8 nitrogen and oxygen atoms in total. The van der Waals surface area contributed by atoms with Gasteiger partial charge < -0.3 is 5.11 Å². The Kier molecular flexibility index (Phi) is 4.32. The van der Waals surface area contributed by atoms with Crippen LogP contribution in [0, 0.1) is 20.2 Å². The van der Waals surface area contributed by atoms with Gasteiger partial charge in [0.15, 0.2) is 0 Å². The van der Waals surface area contributed by atoms with Crippen LogP contribution in [0.5, 0.6) is 0 Å². The number of nitro benzene ring substituents is 2. The van der Waals surface area contributed by atoms with Crippen LogP contribution in [0.4, 0.5) is 11.4 Å². The van der Waals surface area contributed by atoms with E-state index in [1.807, 2.05) is 0 Å². The highest BCUT2D eigenvalue weighted by Crippen LogP contribution is 2.35. The van der Waals surface area contributed by atoms with Crippen molar-refractivity contribution in [2.24, 2.45) is 0 Å². The molecule has 0 spiro atoms. The van der Waals surface area contributed by atoms with E-state index >= 15 is 0 Å². The first-order valence-electron chi connectivity index (χ1n) is 4.61. The number of rotatable bonds is 5. The van der Waals surface area contributed by atoms with E-state index in [1.165, 1.54) is 6.07 Å². The van der Waals surface area contributed by atoms with E-state index in [4.69, 9.17) is 5.11 Å². The van der Waals surface area contributed by atoms with Crippen molar-refractivity contribution in [2.75, 3.05) is 0 Å². The molecule has 1 unspecified atom stereocenters. The fraction of sp³-hybridized carbons (Fsp3) is 0.222. The van der Waals surface area contributed by atoms with E-state index in [-0.39, 0.29) is 12.0 Å². The van der Waals surface area contributed by atoms with E-state index < -0.39 is 32.0 Å². The Labute approximate surface area is 109 Å². The van der Waals surface area contributed by atoms with Crippen molar-refractivity contribution in [3.63, 3.8) is 0 Å². The largest absolute Gasteiger partial charge is 0.481 e. The van der Waals surface area contributed by atoms with Crippen molar-refractivity contribution in [1.29, 1.82) is 0 Å². The summed E-state index contributed by atoms with van der Waals surface area (Å²) in [7, 11) is 0. The maximum absolute atomic E-state index is 10.8. The zero-order valence-corrected chi connectivity index (χ0v) is 10.4. The lowest BCUT2D eigenvalue weighted by Crippen LogP contribution is -2.04. The van der Waals surface area contributed by atoms with Gasteiger partial charge in [0.05, 0.1) is 27.2 Å². The first-order valence-corrected chi connectivity index (χ1v) is 5.53. The molecule has 0 bridgehead atoms. The molecule has 1 aromatic carbocycles. The Balaban J connectivity index is 3.23. The lowest BCUT2D eigenvalue weighted by molar-refractivity contribution is -0.394. The summed E-state index contributed by atoms with van der Waals surface area (Å²) in [5.41, 5.74) is -0.805. The predicted molar refractivity (Wildman–Crippen MR) is 63.7 cm³/mol. The van der Waals surface area contributed by atoms with Gasteiger partial charge in [0, 0.05) is 11.6 Å². The Morgan fingerprint density at radius 3 is 2.39 bits per heavy atom. The van der Waals surface area contributed by atoms with Gasteiger partial charge >= 0.3 is 5.97 Å². The molecule has 0 fully saturated rings. The highest BCUT2D eigenvalue weighted by molar-refractivity contribution is 9.09. The first-order chi connectivity index (χ1) is 8.32. The second-order valence-corrected chi connectivity index (χ2v) is 4.43. The SMILES string of the molecule is O=C(O)CC(Br)c1ccc([N+](=O)[O-])cc1[N+](=O)[O-]. The number of non-ortho nitro benzene ring substituents is 1. The summed E-state index contributed by atoms with van der Waals surface area (Å²) in [5, 5.41) is 29.9. The van der Waals surface area contributed by atoms with Gasteiger partial charge in [0.2, 0.25) is 0 Å². The minimum Gasteiger partial charge on any atom is -0.481 e. The van der Waals surface area contributed by atoms with Gasteiger partial charge in [-0.05, 0) is 6.07 Å². The van der Waals surface area contributed by atoms with Crippen molar-refractivity contribution < 1.29 is 19.7 Å². The molecule has 9 heteroatoms. The molecule has 1 aromatic rings. The Morgan fingerprint density at radius 1 is 1.33 bits per heavy atom. The van der Waals surface area contributed by atoms with E-state index in [2.05, 4.69) is 15.9 Å². The van der Waals surface area contributed by atoms with Crippen molar-refractivity contribution in [2.45, 2.75) is 11.2 Å². The van der Waals surface area contributed by atoms with E-state index in [0.717, 1.165) is 12.1 Å². The van der Waals surface area contributed by atoms with Gasteiger partial charge in [0.1, 0.15) is 0 Å². The fourth-order valence-corrected chi connectivity index (χ4v) is 2.00. The van der Waals surface area contributed by atoms with Gasteiger partial charge in [-0.25, -0.2) is 0 Å². The number of alkyl halides is 1. The first kappa shape index (κ1) is 14.0. The van der Waals surface area contributed by atoms with Crippen LogP contribution in [0.3, 0.4) is 0 Å². The molecule has 0 saturated carbocycles. The van der Waals surface area contributed by atoms with E-state index in [1.54, 1.807) is 0 Å². The summed E-state index contributed by atoms with van der Waals surface area (Å²) in [6.45, 7) is 0. The minimum absolute atomic E-state index is 0.0907. The third-order valence-electron chi connectivity index (χ3n) is 2.11. The number of halogens is 1. The number of carboxylic acid groups (broad SMARTS) is 1. The van der Waals surface area contributed by atoms with Crippen LogP contribution in [-0.2, 0) is 4.79 Å². The minimum atomic E-state index is -1.13. The second kappa shape index (κ2) is 5.54. The molecular formula is C9H7BrN2O6. The Bertz CT molecular complexity index is 518. The smallest absolute Gasteiger partial charge is 0.304 e. The summed E-state index contributed by atoms with van der Waals surface area (Å²) in [6.07, 6.45) is -0.362. The van der Waals surface area contributed by atoms with Crippen LogP contribution in [0.15, 0.2) is 18.2 Å². The van der Waals surface area contributed by atoms with Crippen LogP contribution >= 0.6 is 15.9 Å². The van der Waals surface area contributed by atoms with Crippen molar-refractivity contribution in [3.8, 4) is 0 Å². The Hall–Kier alpha value is -2.03. The third kappa shape index (κ3) is 3.23. The molecule has 0 aliphatic rings. The monoisotopic (exact) mass is 318 g/mol. The lowest BCUT2D eigenvalue weighted by atomic mass is 10.1. The Morgan fingerprint density at radius 2 is 1.94 bits per heavy atom. The highest BCUT2D eigenvalue weighted by Gasteiger charge is 2.25. The van der Waals surface area contributed by atoms with Crippen LogP contribution in [0.1, 0.15) is 16.8 Å². The molecule has 1 N–H and O–H groups in total. The summed E-state index contributed by atoms with van der Waals surface area (Å²) < 4.78 is 0. The summed E-state index contributed by atoms with van der Waals surface area (Å²) >= 11 is 3.01. The summed E-state index contributed by atoms with van der Waals surface area (Å²) in [5.74, 6) is -1.13. The molecule has 0 radical (unpaired) electrons. The topological polar surface area (TPSA) is 124 Å². The van der Waals surface area contributed by atoms with Gasteiger partial charge in [-0.15, -0.1) is 0 Å². The third-order valence-corrected chi connectivity index (χ3v) is 2.93. The molecule has 0 aliphatic heterocycles. The van der Waals surface area contributed by atoms with Crippen molar-refractivity contribution in [3.05, 3.63) is 44.0 Å². The molecule has 18 heavy (non-hydrogen) atoms. The number of carbonyl (C=O) groups is 1. The number of benzene rings is 1. The quantitative estimate of drug-likeness (QED) is 0.505. The van der Waals surface area contributed by atoms with Crippen molar-refractivity contribution in [1.82, 2.24) is 0 Å². The molecule has 1 atom stereocenters. The van der Waals surface area contributed by atoms with E-state index in [0.29, 0.717) is 0 Å². The van der Waals surface area contributed by atoms with E-state index in [9.17, 15) is 25.0 Å². The average Bonchev–Trinajstić information content (AvgIpc) is 2.26. The number of nitro groups is 2. The van der Waals surface area contributed by atoms with Gasteiger partial charge in [-0.2, -0.15) is 0 Å². The molecule has 0 aromatic heterocycles. The van der Waals surface area contributed by atoms with Crippen molar-refractivity contribution >= 4 is 33.3 Å². The number of nitrogens with zero attached hydrogens (tertiary/aromatic N) is 2. The highest BCUT2D eigenvalue weighted by atomic mass is 79.9. The second-order valence-electron chi connectivity index (χ2n) is 3.32. The molecule has 0 saturated heterocycles. The van der Waals surface area contributed by atoms with Crippen LogP contribution in [0.25, 0.3) is 0 Å². The number of aliphatic carboxylic acids is 1. The molecule has 0 aliphatic carbocycles. The average molecular weight is 319 g/mol. The molecule has 0 heterocycles. The summed E-state index contributed by atoms with van der Waals surface area (Å²) in [6, 6.07) is 3.09. The standard InChI is InChI=1S/C9H7BrN2O6/c10-7(4-9(13)14)6-2-1-5(11(15)16)3-8(6)12(17)18/h1-3,7H,4H2,(H,13,14). The molecule has 0 amide bonds. The molecule has 1 rings (SSSR count). The lowest BCUT2D eigenvalue weighted by Gasteiger charge is -2.07. The number of carboxylic acids is 1. The zero-order valence-electron chi connectivity index (χ0n) is 8.78. The fourth-order valence-electron chi connectivity index (χ4n) is 1.33. The maximum atomic E-state index is 10.8. The van der Waals surface area contributed by atoms with Gasteiger partial charge in [-0.1, -0.05) is 15.9 Å². The molecule has 96 valence electrons.